The standard InChI is InChI=1S/C27H35NO6/c1-16(2)9-7-10-17(3)11-8-12-27(6)24(33-19(5)30)14-21-23(32-18(4)29)13-20-22(25(21)34-27)15-28-26(20)31/h9,11,13,24H,7-8,10,12,14-15H2,1-6H3,(H,28,31)/b17-11+/t24-,27-/m0/s1. The van der Waals surface area contributed by atoms with Crippen molar-refractivity contribution in [3.63, 3.8) is 0 Å². The fourth-order valence-electron chi connectivity index (χ4n) is 4.50. The van der Waals surface area contributed by atoms with Crippen molar-refractivity contribution >= 4 is 17.8 Å². The minimum absolute atomic E-state index is 0.228. The molecule has 2 aliphatic heterocycles. The van der Waals surface area contributed by atoms with Crippen molar-refractivity contribution in [3.05, 3.63) is 46.1 Å². The Kier molecular flexibility index (Phi) is 7.85. The molecule has 0 unspecified atom stereocenters. The first-order valence-electron chi connectivity index (χ1n) is 11.8. The number of carbonyl (C=O) groups excluding carboxylic acids is 3. The minimum atomic E-state index is -0.802. The molecule has 0 aliphatic carbocycles. The van der Waals surface area contributed by atoms with Crippen LogP contribution in [0.25, 0.3) is 0 Å². The molecule has 0 spiro atoms. The summed E-state index contributed by atoms with van der Waals surface area (Å²) in [6.45, 7) is 11.3. The maximum absolute atomic E-state index is 12.3. The van der Waals surface area contributed by atoms with Gasteiger partial charge >= 0.3 is 11.9 Å². The van der Waals surface area contributed by atoms with Crippen molar-refractivity contribution in [1.82, 2.24) is 5.32 Å². The lowest BCUT2D eigenvalue weighted by Crippen LogP contribution is -2.51. The average Bonchev–Trinajstić information content (AvgIpc) is 3.09. The van der Waals surface area contributed by atoms with Gasteiger partial charge in [-0.25, -0.2) is 0 Å². The van der Waals surface area contributed by atoms with E-state index in [-0.39, 0.29) is 11.7 Å². The second kappa shape index (κ2) is 10.5. The highest BCUT2D eigenvalue weighted by atomic mass is 16.6. The van der Waals surface area contributed by atoms with Crippen molar-refractivity contribution in [1.29, 1.82) is 0 Å². The molecule has 1 aromatic rings. The van der Waals surface area contributed by atoms with Gasteiger partial charge in [0.25, 0.3) is 5.91 Å². The fourth-order valence-corrected chi connectivity index (χ4v) is 4.50. The summed E-state index contributed by atoms with van der Waals surface area (Å²) in [4.78, 5) is 36.0. The van der Waals surface area contributed by atoms with Crippen molar-refractivity contribution < 1.29 is 28.6 Å². The summed E-state index contributed by atoms with van der Waals surface area (Å²) in [6.07, 6.45) is 7.59. The van der Waals surface area contributed by atoms with E-state index >= 15 is 0 Å². The van der Waals surface area contributed by atoms with E-state index in [9.17, 15) is 14.4 Å². The molecule has 3 rings (SSSR count). The van der Waals surface area contributed by atoms with Gasteiger partial charge in [0.05, 0.1) is 5.56 Å². The second-order valence-electron chi connectivity index (χ2n) is 9.61. The lowest BCUT2D eigenvalue weighted by atomic mass is 9.83. The number of carbonyl (C=O) groups is 3. The third-order valence-corrected chi connectivity index (χ3v) is 6.31. The zero-order chi connectivity index (χ0) is 25.0. The molecule has 1 amide bonds. The highest BCUT2D eigenvalue weighted by molar-refractivity contribution is 6.00. The number of amides is 1. The van der Waals surface area contributed by atoms with E-state index in [0.717, 1.165) is 24.8 Å². The monoisotopic (exact) mass is 469 g/mol. The van der Waals surface area contributed by atoms with E-state index in [4.69, 9.17) is 14.2 Å². The van der Waals surface area contributed by atoms with Gasteiger partial charge in [-0.05, 0) is 59.4 Å². The van der Waals surface area contributed by atoms with Crippen molar-refractivity contribution in [2.75, 3.05) is 0 Å². The summed E-state index contributed by atoms with van der Waals surface area (Å²) in [5.74, 6) is -0.307. The van der Waals surface area contributed by atoms with Crippen LogP contribution in [0, 0.1) is 0 Å². The first-order chi connectivity index (χ1) is 16.0. The number of nitrogens with one attached hydrogen (secondary N) is 1. The van der Waals surface area contributed by atoms with Crippen molar-refractivity contribution in [3.8, 4) is 11.5 Å². The SMILES string of the molecule is CC(=O)Oc1cc2c(c3c1C[C@H](OC(C)=O)[C@](C)(CC/C=C(\C)CCC=C(C)C)O3)CNC2=O. The first kappa shape index (κ1) is 25.5. The summed E-state index contributed by atoms with van der Waals surface area (Å²) in [5, 5.41) is 2.81. The van der Waals surface area contributed by atoms with Gasteiger partial charge in [0.1, 0.15) is 23.2 Å². The summed E-state index contributed by atoms with van der Waals surface area (Å²) >= 11 is 0. The molecule has 0 saturated heterocycles. The summed E-state index contributed by atoms with van der Waals surface area (Å²) in [6, 6.07) is 1.58. The molecule has 7 nitrogen and oxygen atoms in total. The topological polar surface area (TPSA) is 90.9 Å². The number of rotatable bonds is 8. The normalized spacial score (nSPS) is 21.1. The van der Waals surface area contributed by atoms with E-state index in [2.05, 4.69) is 38.2 Å². The second-order valence-corrected chi connectivity index (χ2v) is 9.61. The van der Waals surface area contributed by atoms with Crippen LogP contribution in [0.15, 0.2) is 29.4 Å². The van der Waals surface area contributed by atoms with Crippen LogP contribution in [0.5, 0.6) is 11.5 Å². The molecule has 184 valence electrons. The Morgan fingerprint density at radius 1 is 1.12 bits per heavy atom. The van der Waals surface area contributed by atoms with Crippen LogP contribution in [0.1, 0.15) is 88.7 Å². The van der Waals surface area contributed by atoms with E-state index in [0.29, 0.717) is 36.3 Å². The van der Waals surface area contributed by atoms with Crippen LogP contribution in [0.3, 0.4) is 0 Å². The van der Waals surface area contributed by atoms with E-state index < -0.39 is 23.6 Å². The van der Waals surface area contributed by atoms with Gasteiger partial charge in [-0.3, -0.25) is 14.4 Å². The zero-order valence-electron chi connectivity index (χ0n) is 21.0. The van der Waals surface area contributed by atoms with Crippen LogP contribution in [-0.4, -0.2) is 29.6 Å². The van der Waals surface area contributed by atoms with Gasteiger partial charge in [-0.1, -0.05) is 23.3 Å². The van der Waals surface area contributed by atoms with Crippen molar-refractivity contribution in [2.24, 2.45) is 0 Å². The summed E-state index contributed by atoms with van der Waals surface area (Å²) < 4.78 is 17.7. The molecular weight excluding hydrogens is 434 g/mol. The van der Waals surface area contributed by atoms with Crippen LogP contribution in [0.4, 0.5) is 0 Å². The maximum Gasteiger partial charge on any atom is 0.308 e. The molecule has 34 heavy (non-hydrogen) atoms. The number of fused-ring (bicyclic) bond motifs is 3. The van der Waals surface area contributed by atoms with Gasteiger partial charge in [0.15, 0.2) is 0 Å². The Hall–Kier alpha value is -3.09. The molecule has 2 aliphatic rings. The van der Waals surface area contributed by atoms with Crippen LogP contribution < -0.4 is 14.8 Å². The Balaban J connectivity index is 1.91. The summed E-state index contributed by atoms with van der Waals surface area (Å²) in [7, 11) is 0. The van der Waals surface area contributed by atoms with Gasteiger partial charge in [0.2, 0.25) is 0 Å². The van der Waals surface area contributed by atoms with Crippen LogP contribution >= 0.6 is 0 Å². The molecule has 0 fully saturated rings. The summed E-state index contributed by atoms with van der Waals surface area (Å²) in [5.41, 5.74) is 3.64. The Bertz CT molecular complexity index is 1050. The Labute approximate surface area is 201 Å². The smallest absolute Gasteiger partial charge is 0.308 e. The number of hydrogen-bond donors (Lipinski definition) is 1. The molecule has 2 heterocycles. The minimum Gasteiger partial charge on any atom is -0.483 e. The van der Waals surface area contributed by atoms with Crippen LogP contribution in [-0.2, 0) is 27.3 Å². The van der Waals surface area contributed by atoms with E-state index in [1.54, 1.807) is 6.07 Å². The van der Waals surface area contributed by atoms with Gasteiger partial charge < -0.3 is 19.5 Å². The molecule has 0 aromatic heterocycles. The quantitative estimate of drug-likeness (QED) is 0.329. The highest BCUT2D eigenvalue weighted by Crippen LogP contribution is 2.46. The Morgan fingerprint density at radius 2 is 1.85 bits per heavy atom. The molecule has 0 saturated carbocycles. The molecule has 0 radical (unpaired) electrons. The zero-order valence-corrected chi connectivity index (χ0v) is 21.0. The fraction of sp³-hybridized carbons (Fsp3) is 0.519. The first-order valence-corrected chi connectivity index (χ1v) is 11.8. The molecule has 0 bridgehead atoms. The number of esters is 2. The molecule has 1 aromatic carbocycles. The predicted octanol–water partition coefficient (Wildman–Crippen LogP) is 4.95. The lowest BCUT2D eigenvalue weighted by Gasteiger charge is -2.42. The van der Waals surface area contributed by atoms with Crippen LogP contribution in [0.2, 0.25) is 0 Å². The number of ether oxygens (including phenoxy) is 3. The molecule has 1 N–H and O–H groups in total. The molecule has 2 atom stereocenters. The van der Waals surface area contributed by atoms with Gasteiger partial charge in [-0.15, -0.1) is 0 Å². The predicted molar refractivity (Wildman–Crippen MR) is 129 cm³/mol. The number of benzene rings is 1. The van der Waals surface area contributed by atoms with Crippen molar-refractivity contribution in [2.45, 2.75) is 91.9 Å². The average molecular weight is 470 g/mol. The number of allylic oxidation sites excluding steroid dienone is 4. The molecule has 7 heteroatoms. The Morgan fingerprint density at radius 3 is 2.50 bits per heavy atom. The van der Waals surface area contributed by atoms with Gasteiger partial charge in [-0.2, -0.15) is 0 Å². The third-order valence-electron chi connectivity index (χ3n) is 6.31. The van der Waals surface area contributed by atoms with E-state index in [1.807, 2.05) is 6.92 Å². The number of hydrogen-bond acceptors (Lipinski definition) is 6. The van der Waals surface area contributed by atoms with E-state index in [1.165, 1.54) is 25.0 Å². The highest BCUT2D eigenvalue weighted by Gasteiger charge is 2.46. The molecular formula is C27H35NO6. The van der Waals surface area contributed by atoms with Gasteiger partial charge in [0, 0.05) is 37.9 Å². The lowest BCUT2D eigenvalue weighted by molar-refractivity contribution is -0.161. The maximum atomic E-state index is 12.3. The third kappa shape index (κ3) is 5.88. The largest absolute Gasteiger partial charge is 0.483 e.